The maximum atomic E-state index is 14.0. The SMILES string of the molecule is CC(=O)N[C@H](CCc1ccccc1)C(=O)N[C@@H](Cc1ccccc1)[C@H](O)C(=O)N1CSC(C)(C)[C@H]1C(=O)NCc1ccccc1C. The normalized spacial score (nSPS) is 17.4. The van der Waals surface area contributed by atoms with E-state index in [-0.39, 0.29) is 24.1 Å². The van der Waals surface area contributed by atoms with Crippen LogP contribution in [0.3, 0.4) is 0 Å². The lowest BCUT2D eigenvalue weighted by molar-refractivity contribution is -0.148. The minimum absolute atomic E-state index is 0.166. The molecule has 10 heteroatoms. The van der Waals surface area contributed by atoms with Crippen LogP contribution in [0.5, 0.6) is 0 Å². The van der Waals surface area contributed by atoms with Crippen molar-refractivity contribution in [3.8, 4) is 0 Å². The predicted molar refractivity (Wildman–Crippen MR) is 181 cm³/mol. The Morgan fingerprint density at radius 1 is 0.913 bits per heavy atom. The molecular weight excluding hydrogens is 600 g/mol. The van der Waals surface area contributed by atoms with E-state index in [1.54, 1.807) is 0 Å². The zero-order chi connectivity index (χ0) is 33.3. The molecule has 3 aromatic rings. The molecule has 3 aromatic carbocycles. The van der Waals surface area contributed by atoms with Gasteiger partial charge in [-0.15, -0.1) is 11.8 Å². The topological polar surface area (TPSA) is 128 Å². The van der Waals surface area contributed by atoms with Gasteiger partial charge >= 0.3 is 0 Å². The monoisotopic (exact) mass is 644 g/mol. The number of aliphatic hydroxyl groups is 1. The highest BCUT2D eigenvalue weighted by Gasteiger charge is 2.49. The molecule has 46 heavy (non-hydrogen) atoms. The van der Waals surface area contributed by atoms with Crippen LogP contribution in [0.1, 0.15) is 49.4 Å². The number of nitrogens with one attached hydrogen (secondary N) is 3. The van der Waals surface area contributed by atoms with Gasteiger partial charge in [-0.1, -0.05) is 84.9 Å². The van der Waals surface area contributed by atoms with Crippen LogP contribution < -0.4 is 16.0 Å². The molecule has 1 aliphatic rings. The van der Waals surface area contributed by atoms with Gasteiger partial charge in [-0.2, -0.15) is 0 Å². The van der Waals surface area contributed by atoms with E-state index < -0.39 is 40.8 Å². The summed E-state index contributed by atoms with van der Waals surface area (Å²) in [4.78, 5) is 54.7. The highest BCUT2D eigenvalue weighted by Crippen LogP contribution is 2.40. The second-order valence-electron chi connectivity index (χ2n) is 12.3. The van der Waals surface area contributed by atoms with Gasteiger partial charge in [0.1, 0.15) is 12.1 Å². The first-order chi connectivity index (χ1) is 22.0. The molecule has 1 fully saturated rings. The van der Waals surface area contributed by atoms with E-state index in [0.717, 1.165) is 22.3 Å². The van der Waals surface area contributed by atoms with E-state index in [0.29, 0.717) is 19.4 Å². The first-order valence-electron chi connectivity index (χ1n) is 15.6. The van der Waals surface area contributed by atoms with Gasteiger partial charge in [0.25, 0.3) is 5.91 Å². The summed E-state index contributed by atoms with van der Waals surface area (Å²) in [6.07, 6.45) is -0.599. The number of carbonyl (C=O) groups excluding carboxylic acids is 4. The van der Waals surface area contributed by atoms with E-state index in [9.17, 15) is 24.3 Å². The van der Waals surface area contributed by atoms with Crippen molar-refractivity contribution < 1.29 is 24.3 Å². The highest BCUT2D eigenvalue weighted by atomic mass is 32.2. The molecule has 4 atom stereocenters. The largest absolute Gasteiger partial charge is 0.381 e. The van der Waals surface area contributed by atoms with Crippen LogP contribution in [0.4, 0.5) is 0 Å². The maximum Gasteiger partial charge on any atom is 0.254 e. The van der Waals surface area contributed by atoms with Crippen LogP contribution in [0.15, 0.2) is 84.9 Å². The van der Waals surface area contributed by atoms with Gasteiger partial charge in [-0.3, -0.25) is 19.2 Å². The first kappa shape index (κ1) is 34.7. The van der Waals surface area contributed by atoms with Crippen molar-refractivity contribution in [3.63, 3.8) is 0 Å². The summed E-state index contributed by atoms with van der Waals surface area (Å²) in [5, 5.41) is 20.2. The number of amides is 4. The third-order valence-electron chi connectivity index (χ3n) is 8.31. The second kappa shape index (κ2) is 15.9. The van der Waals surface area contributed by atoms with E-state index in [1.807, 2.05) is 106 Å². The van der Waals surface area contributed by atoms with Crippen LogP contribution >= 0.6 is 11.8 Å². The molecule has 0 radical (unpaired) electrons. The van der Waals surface area contributed by atoms with Crippen LogP contribution in [0.25, 0.3) is 0 Å². The lowest BCUT2D eigenvalue weighted by Gasteiger charge is -2.33. The summed E-state index contributed by atoms with van der Waals surface area (Å²) < 4.78 is -0.614. The average molecular weight is 645 g/mol. The molecule has 0 bridgehead atoms. The van der Waals surface area contributed by atoms with Gasteiger partial charge in [0.2, 0.25) is 17.7 Å². The minimum Gasteiger partial charge on any atom is -0.381 e. The summed E-state index contributed by atoms with van der Waals surface area (Å²) in [5.74, 6) is -1.60. The minimum atomic E-state index is -1.64. The number of nitrogens with zero attached hydrogens (tertiary/aromatic N) is 1. The molecule has 1 aliphatic heterocycles. The van der Waals surface area contributed by atoms with Crippen LogP contribution in [-0.2, 0) is 38.6 Å². The Hall–Kier alpha value is -4.15. The number of thioether (sulfide) groups is 1. The van der Waals surface area contributed by atoms with Gasteiger partial charge in [0, 0.05) is 18.2 Å². The molecule has 4 rings (SSSR count). The molecule has 0 aliphatic carbocycles. The fraction of sp³-hybridized carbons (Fsp3) is 0.389. The summed E-state index contributed by atoms with van der Waals surface area (Å²) in [6.45, 7) is 7.45. The molecular formula is C36H44N4O5S. The van der Waals surface area contributed by atoms with Crippen molar-refractivity contribution in [3.05, 3.63) is 107 Å². The number of carbonyl (C=O) groups is 4. The van der Waals surface area contributed by atoms with Crippen molar-refractivity contribution in [2.45, 2.75) is 82.5 Å². The Morgan fingerprint density at radius 2 is 1.52 bits per heavy atom. The van der Waals surface area contributed by atoms with E-state index in [1.165, 1.54) is 23.6 Å². The van der Waals surface area contributed by atoms with Crippen molar-refractivity contribution >= 4 is 35.4 Å². The predicted octanol–water partition coefficient (Wildman–Crippen LogP) is 3.52. The smallest absolute Gasteiger partial charge is 0.254 e. The van der Waals surface area contributed by atoms with Crippen molar-refractivity contribution in [1.82, 2.24) is 20.9 Å². The number of aryl methyl sites for hydroxylation is 2. The standard InChI is InChI=1S/C36H44N4O5S/c1-24-13-11-12-18-28(24)22-37-34(44)32-36(3,4)46-23-40(32)35(45)31(42)30(21-27-16-9-6-10-17-27)39-33(43)29(38-25(2)41)20-19-26-14-7-5-8-15-26/h5-18,29-32,42H,19-23H2,1-4H3,(H,37,44)(H,38,41)(H,39,43)/t29-,30+,31+,32-/m1/s1. The van der Waals surface area contributed by atoms with Crippen LogP contribution in [0, 0.1) is 6.92 Å². The Bertz CT molecular complexity index is 1500. The second-order valence-corrected chi connectivity index (χ2v) is 13.9. The van der Waals surface area contributed by atoms with Gasteiger partial charge in [-0.05, 0) is 62.3 Å². The molecule has 4 amide bonds. The number of benzene rings is 3. The van der Waals surface area contributed by atoms with Crippen molar-refractivity contribution in [2.75, 3.05) is 5.88 Å². The van der Waals surface area contributed by atoms with Crippen LogP contribution in [0.2, 0.25) is 0 Å². The molecule has 244 valence electrons. The third-order valence-corrected chi connectivity index (χ3v) is 9.68. The lowest BCUT2D eigenvalue weighted by Crippen LogP contribution is -2.60. The molecule has 1 saturated heterocycles. The molecule has 9 nitrogen and oxygen atoms in total. The lowest BCUT2D eigenvalue weighted by atomic mass is 9.96. The molecule has 1 heterocycles. The molecule has 0 spiro atoms. The van der Waals surface area contributed by atoms with Gasteiger partial charge < -0.3 is 26.0 Å². The van der Waals surface area contributed by atoms with Crippen molar-refractivity contribution in [1.29, 1.82) is 0 Å². The fourth-order valence-electron chi connectivity index (χ4n) is 5.71. The third kappa shape index (κ3) is 9.20. The Kier molecular flexibility index (Phi) is 12.0. The summed E-state index contributed by atoms with van der Waals surface area (Å²) in [5.41, 5.74) is 3.85. The molecule has 4 N–H and O–H groups in total. The molecule has 0 aromatic heterocycles. The molecule has 0 saturated carbocycles. The van der Waals surface area contributed by atoms with Crippen LogP contribution in [-0.4, -0.2) is 68.5 Å². The maximum absolute atomic E-state index is 14.0. The van der Waals surface area contributed by atoms with E-state index in [2.05, 4.69) is 16.0 Å². The molecule has 0 unspecified atom stereocenters. The zero-order valence-electron chi connectivity index (χ0n) is 26.9. The van der Waals surface area contributed by atoms with E-state index in [4.69, 9.17) is 0 Å². The fourth-order valence-corrected chi connectivity index (χ4v) is 6.85. The summed E-state index contributed by atoms with van der Waals surface area (Å²) in [7, 11) is 0. The summed E-state index contributed by atoms with van der Waals surface area (Å²) in [6, 6.07) is 23.9. The number of hydrogen-bond donors (Lipinski definition) is 4. The highest BCUT2D eigenvalue weighted by molar-refractivity contribution is 8.00. The Labute approximate surface area is 275 Å². The Balaban J connectivity index is 1.53. The zero-order valence-corrected chi connectivity index (χ0v) is 27.7. The van der Waals surface area contributed by atoms with E-state index >= 15 is 0 Å². The number of aliphatic hydroxyl groups excluding tert-OH is 1. The quantitative estimate of drug-likeness (QED) is 0.226. The summed E-state index contributed by atoms with van der Waals surface area (Å²) >= 11 is 1.46. The van der Waals surface area contributed by atoms with Gasteiger partial charge in [0.15, 0.2) is 6.10 Å². The number of hydrogen-bond acceptors (Lipinski definition) is 6. The average Bonchev–Trinajstić information content (AvgIpc) is 3.36. The number of rotatable bonds is 13. The first-order valence-corrected chi connectivity index (χ1v) is 16.5. The van der Waals surface area contributed by atoms with Gasteiger partial charge in [-0.25, -0.2) is 0 Å². The van der Waals surface area contributed by atoms with Crippen molar-refractivity contribution in [2.24, 2.45) is 0 Å². The van der Waals surface area contributed by atoms with Gasteiger partial charge in [0.05, 0.1) is 11.9 Å². The Morgan fingerprint density at radius 3 is 2.15 bits per heavy atom.